The van der Waals surface area contributed by atoms with Gasteiger partial charge in [0.15, 0.2) is 0 Å². The first-order chi connectivity index (χ1) is 4.94. The largest absolute Gasteiger partial charge is 0.446 e. The monoisotopic (exact) mass is 159 g/mol. The molecule has 4 nitrogen and oxygen atoms in total. The van der Waals surface area contributed by atoms with Crippen LogP contribution in [-0.2, 0) is 4.74 Å². The van der Waals surface area contributed by atoms with E-state index < -0.39 is 6.09 Å². The Balaban J connectivity index is 2.46. The van der Waals surface area contributed by atoms with E-state index in [1.165, 1.54) is 0 Å². The van der Waals surface area contributed by atoms with Gasteiger partial charge in [0, 0.05) is 11.8 Å². The zero-order valence-electron chi connectivity index (χ0n) is 6.70. The number of rotatable bonds is 1. The third-order valence-corrected chi connectivity index (χ3v) is 2.38. The average molecular weight is 159 g/mol. The fourth-order valence-corrected chi connectivity index (χ4v) is 1.20. The van der Waals surface area contributed by atoms with Crippen molar-refractivity contribution in [2.75, 3.05) is 0 Å². The van der Waals surface area contributed by atoms with Gasteiger partial charge in [-0.1, -0.05) is 13.8 Å². The summed E-state index contributed by atoms with van der Waals surface area (Å²) in [6, 6.07) is 0. The highest BCUT2D eigenvalue weighted by molar-refractivity contribution is 5.65. The molecule has 1 aliphatic carbocycles. The van der Waals surface area contributed by atoms with Gasteiger partial charge in [0.25, 0.3) is 0 Å². The van der Waals surface area contributed by atoms with Gasteiger partial charge in [0.1, 0.15) is 6.10 Å². The summed E-state index contributed by atoms with van der Waals surface area (Å²) < 4.78 is 4.75. The van der Waals surface area contributed by atoms with Gasteiger partial charge in [0.2, 0.25) is 0 Å². The molecule has 0 saturated heterocycles. The third kappa shape index (κ3) is 1.30. The van der Waals surface area contributed by atoms with E-state index in [4.69, 9.17) is 10.5 Å². The highest BCUT2D eigenvalue weighted by atomic mass is 16.6. The number of hydrogen-bond donors (Lipinski definition) is 2. The highest BCUT2D eigenvalue weighted by Gasteiger charge is 2.49. The number of hydrogen-bond acceptors (Lipinski definition) is 3. The summed E-state index contributed by atoms with van der Waals surface area (Å²) >= 11 is 0. The Bertz CT molecular complexity index is 179. The number of nitrogens with two attached hydrogens (primary N) is 1. The number of carbonyl (C=O) groups is 1. The molecule has 0 aromatic carbocycles. The average Bonchev–Trinajstić information content (AvgIpc) is 1.87. The van der Waals surface area contributed by atoms with E-state index in [1.807, 2.05) is 13.8 Å². The lowest BCUT2D eigenvalue weighted by molar-refractivity contribution is -0.147. The maximum atomic E-state index is 10.3. The lowest BCUT2D eigenvalue weighted by Gasteiger charge is -2.47. The second kappa shape index (κ2) is 2.37. The predicted octanol–water partition coefficient (Wildman–Crippen LogP) is 0.241. The second-order valence-corrected chi connectivity index (χ2v) is 3.50. The van der Waals surface area contributed by atoms with Crippen LogP contribution in [0.3, 0.4) is 0 Å². The number of aliphatic hydroxyl groups excluding tert-OH is 1. The Labute approximate surface area is 65.3 Å². The van der Waals surface area contributed by atoms with Crippen LogP contribution in [0, 0.1) is 5.41 Å². The van der Waals surface area contributed by atoms with Gasteiger partial charge in [-0.05, 0) is 0 Å². The van der Waals surface area contributed by atoms with Crippen LogP contribution >= 0.6 is 0 Å². The van der Waals surface area contributed by atoms with Crippen molar-refractivity contribution in [3.8, 4) is 0 Å². The molecule has 4 heteroatoms. The first-order valence-corrected chi connectivity index (χ1v) is 3.58. The minimum atomic E-state index is -0.769. The number of amides is 1. The van der Waals surface area contributed by atoms with E-state index in [9.17, 15) is 9.90 Å². The number of aliphatic hydroxyl groups is 1. The summed E-state index contributed by atoms with van der Waals surface area (Å²) in [4.78, 5) is 10.3. The molecule has 1 aliphatic rings. The standard InChI is InChI=1S/C7H13NO3/c1-7(2)4(9)3-5(7)11-6(8)10/h4-5,9H,3H2,1-2H3,(H2,8,10). The first-order valence-electron chi connectivity index (χ1n) is 3.58. The van der Waals surface area contributed by atoms with Crippen LogP contribution in [0.15, 0.2) is 0 Å². The smallest absolute Gasteiger partial charge is 0.404 e. The zero-order valence-corrected chi connectivity index (χ0v) is 6.70. The molecule has 0 heterocycles. The van der Waals surface area contributed by atoms with Crippen LogP contribution in [0.5, 0.6) is 0 Å². The van der Waals surface area contributed by atoms with E-state index in [-0.39, 0.29) is 17.6 Å². The van der Waals surface area contributed by atoms with Gasteiger partial charge < -0.3 is 15.6 Å². The van der Waals surface area contributed by atoms with E-state index >= 15 is 0 Å². The quantitative estimate of drug-likeness (QED) is 0.575. The van der Waals surface area contributed by atoms with Crippen molar-refractivity contribution in [1.82, 2.24) is 0 Å². The molecule has 2 atom stereocenters. The van der Waals surface area contributed by atoms with Gasteiger partial charge in [-0.25, -0.2) is 4.79 Å². The molecule has 0 bridgehead atoms. The molecule has 0 aromatic rings. The molecule has 1 rings (SSSR count). The van der Waals surface area contributed by atoms with Crippen molar-refractivity contribution >= 4 is 6.09 Å². The Morgan fingerprint density at radius 3 is 2.55 bits per heavy atom. The SMILES string of the molecule is CC1(C)C(O)CC1OC(N)=O. The van der Waals surface area contributed by atoms with Gasteiger partial charge in [-0.3, -0.25) is 0 Å². The molecule has 0 aliphatic heterocycles. The Kier molecular flexibility index (Phi) is 1.80. The lowest BCUT2D eigenvalue weighted by Crippen LogP contribution is -2.55. The number of carbonyl (C=O) groups excluding carboxylic acids is 1. The van der Waals surface area contributed by atoms with Crippen molar-refractivity contribution in [1.29, 1.82) is 0 Å². The Morgan fingerprint density at radius 1 is 1.73 bits per heavy atom. The number of ether oxygens (including phenoxy) is 1. The van der Waals surface area contributed by atoms with Crippen LogP contribution < -0.4 is 5.73 Å². The van der Waals surface area contributed by atoms with Crippen LogP contribution in [0.1, 0.15) is 20.3 Å². The maximum Gasteiger partial charge on any atom is 0.404 e. The van der Waals surface area contributed by atoms with E-state index in [0.29, 0.717) is 6.42 Å². The van der Waals surface area contributed by atoms with Gasteiger partial charge >= 0.3 is 6.09 Å². The zero-order chi connectivity index (χ0) is 8.65. The van der Waals surface area contributed by atoms with Gasteiger partial charge in [-0.2, -0.15) is 0 Å². The van der Waals surface area contributed by atoms with Crippen LogP contribution in [0.2, 0.25) is 0 Å². The molecule has 3 N–H and O–H groups in total. The van der Waals surface area contributed by atoms with Crippen molar-refractivity contribution in [2.24, 2.45) is 11.1 Å². The highest BCUT2D eigenvalue weighted by Crippen LogP contribution is 2.42. The van der Waals surface area contributed by atoms with Crippen LogP contribution in [-0.4, -0.2) is 23.4 Å². The molecule has 64 valence electrons. The van der Waals surface area contributed by atoms with Gasteiger partial charge in [-0.15, -0.1) is 0 Å². The molecule has 11 heavy (non-hydrogen) atoms. The third-order valence-electron chi connectivity index (χ3n) is 2.38. The lowest BCUT2D eigenvalue weighted by atomic mass is 9.66. The fraction of sp³-hybridized carbons (Fsp3) is 0.857. The Hall–Kier alpha value is -0.770. The summed E-state index contributed by atoms with van der Waals surface area (Å²) in [5.74, 6) is 0. The minimum absolute atomic E-state index is 0.227. The molecular formula is C7H13NO3. The molecule has 0 spiro atoms. The van der Waals surface area contributed by atoms with E-state index in [0.717, 1.165) is 0 Å². The van der Waals surface area contributed by atoms with Crippen molar-refractivity contribution in [3.63, 3.8) is 0 Å². The fourth-order valence-electron chi connectivity index (χ4n) is 1.20. The first kappa shape index (κ1) is 8.33. The van der Waals surface area contributed by atoms with E-state index in [2.05, 4.69) is 0 Å². The molecule has 1 amide bonds. The topological polar surface area (TPSA) is 72.6 Å². The predicted molar refractivity (Wildman–Crippen MR) is 38.9 cm³/mol. The normalized spacial score (nSPS) is 34.1. The summed E-state index contributed by atoms with van der Waals surface area (Å²) in [6.07, 6.45) is -0.882. The van der Waals surface area contributed by atoms with Crippen molar-refractivity contribution in [2.45, 2.75) is 32.5 Å². The van der Waals surface area contributed by atoms with Crippen LogP contribution in [0.4, 0.5) is 4.79 Å². The van der Waals surface area contributed by atoms with Crippen molar-refractivity contribution < 1.29 is 14.6 Å². The summed E-state index contributed by atoms with van der Waals surface area (Å²) in [7, 11) is 0. The molecule has 1 saturated carbocycles. The van der Waals surface area contributed by atoms with E-state index in [1.54, 1.807) is 0 Å². The summed E-state index contributed by atoms with van der Waals surface area (Å²) in [5, 5.41) is 9.23. The maximum absolute atomic E-state index is 10.3. The molecule has 1 fully saturated rings. The minimum Gasteiger partial charge on any atom is -0.446 e. The van der Waals surface area contributed by atoms with Crippen LogP contribution in [0.25, 0.3) is 0 Å². The second-order valence-electron chi connectivity index (χ2n) is 3.50. The molecule has 2 unspecified atom stereocenters. The van der Waals surface area contributed by atoms with Gasteiger partial charge in [0.05, 0.1) is 6.10 Å². The molecular weight excluding hydrogens is 146 g/mol. The molecule has 0 radical (unpaired) electrons. The summed E-state index contributed by atoms with van der Waals surface area (Å²) in [5.41, 5.74) is 4.49. The summed E-state index contributed by atoms with van der Waals surface area (Å²) in [6.45, 7) is 3.68. The molecule has 0 aromatic heterocycles. The number of primary amides is 1. The Morgan fingerprint density at radius 2 is 2.27 bits per heavy atom. The van der Waals surface area contributed by atoms with Crippen molar-refractivity contribution in [3.05, 3.63) is 0 Å².